The van der Waals surface area contributed by atoms with Crippen molar-refractivity contribution < 1.29 is 4.79 Å². The Morgan fingerprint density at radius 1 is 1.02 bits per heavy atom. The lowest BCUT2D eigenvalue weighted by Crippen LogP contribution is -2.21. The van der Waals surface area contributed by atoms with Gasteiger partial charge in [-0.05, 0) is 43.5 Å². The summed E-state index contributed by atoms with van der Waals surface area (Å²) in [5.74, 6) is 6.10. The Morgan fingerprint density at radius 3 is 2.37 bits per heavy atom. The molecule has 5 rings (SSSR count). The van der Waals surface area contributed by atoms with E-state index in [1.165, 1.54) is 17.0 Å². The van der Waals surface area contributed by atoms with Gasteiger partial charge in [-0.15, -0.1) is 0 Å². The number of nitrogen functional groups attached to an aromatic ring is 1. The molecule has 3 aromatic heterocycles. The Balaban J connectivity index is 0.000000234. The van der Waals surface area contributed by atoms with E-state index in [1.54, 1.807) is 22.5 Å². The van der Waals surface area contributed by atoms with E-state index in [-0.39, 0.29) is 16.9 Å². The van der Waals surface area contributed by atoms with Crippen LogP contribution in [0.15, 0.2) is 83.2 Å². The van der Waals surface area contributed by atoms with Crippen molar-refractivity contribution in [1.29, 1.82) is 0 Å². The fourth-order valence-corrected chi connectivity index (χ4v) is 4.29. The molecule has 0 radical (unpaired) electrons. The smallest absolute Gasteiger partial charge is 0.264 e. The first-order valence-electron chi connectivity index (χ1n) is 12.6. The molecular weight excluding hydrogens is 516 g/mol. The van der Waals surface area contributed by atoms with E-state index in [9.17, 15) is 9.59 Å². The molecule has 0 saturated heterocycles. The molecule has 1 amide bonds. The first-order chi connectivity index (χ1) is 19.6. The molecule has 10 nitrogen and oxygen atoms in total. The summed E-state index contributed by atoms with van der Waals surface area (Å²) >= 11 is 0. The fourth-order valence-electron chi connectivity index (χ4n) is 4.29. The van der Waals surface area contributed by atoms with Gasteiger partial charge >= 0.3 is 0 Å². The Labute approximate surface area is 237 Å². The molecular formula is C31H30N8O2. The monoisotopic (exact) mass is 546 g/mol. The van der Waals surface area contributed by atoms with Gasteiger partial charge in [0.15, 0.2) is 11.6 Å². The Morgan fingerprint density at radius 2 is 1.73 bits per heavy atom. The Hall–Kier alpha value is -5.69. The van der Waals surface area contributed by atoms with E-state index < -0.39 is 5.91 Å². The summed E-state index contributed by atoms with van der Waals surface area (Å²) in [6.07, 6.45) is 4.66. The number of rotatable bonds is 4. The zero-order valence-corrected chi connectivity index (χ0v) is 23.3. The number of aromatic nitrogens is 5. The molecule has 0 aliphatic rings. The first kappa shape index (κ1) is 28.3. The second kappa shape index (κ2) is 12.0. The second-order valence-electron chi connectivity index (χ2n) is 9.13. The molecule has 0 aliphatic carbocycles. The average Bonchev–Trinajstić information content (AvgIpc) is 3.42. The quantitative estimate of drug-likeness (QED) is 0.261. The number of anilines is 1. The van der Waals surface area contributed by atoms with E-state index >= 15 is 0 Å². The minimum atomic E-state index is -0.646. The van der Waals surface area contributed by atoms with Gasteiger partial charge in [0.2, 0.25) is 0 Å². The average molecular weight is 547 g/mol. The molecule has 0 bridgehead atoms. The lowest BCUT2D eigenvalue weighted by molar-refractivity contribution is 0.100. The predicted octanol–water partition coefficient (Wildman–Crippen LogP) is 3.73. The molecule has 0 fully saturated rings. The minimum absolute atomic E-state index is 0.0518. The maximum Gasteiger partial charge on any atom is 0.264 e. The van der Waals surface area contributed by atoms with Crippen LogP contribution in [0.5, 0.6) is 0 Å². The predicted molar refractivity (Wildman–Crippen MR) is 163 cm³/mol. The maximum absolute atomic E-state index is 13.3. The van der Waals surface area contributed by atoms with E-state index in [2.05, 4.69) is 33.6 Å². The van der Waals surface area contributed by atoms with Crippen molar-refractivity contribution >= 4 is 34.5 Å². The number of aryl methyl sites for hydroxylation is 3. The molecule has 0 saturated carbocycles. The molecule has 10 heteroatoms. The van der Waals surface area contributed by atoms with Crippen molar-refractivity contribution in [3.8, 4) is 17.5 Å². The van der Waals surface area contributed by atoms with Gasteiger partial charge in [-0.25, -0.2) is 9.67 Å². The van der Waals surface area contributed by atoms with Crippen LogP contribution in [0, 0.1) is 25.7 Å². The topological polar surface area (TPSA) is 139 Å². The molecule has 0 spiro atoms. The molecule has 4 N–H and O–H groups in total. The number of aliphatic imine (C=N–C) groups is 1. The summed E-state index contributed by atoms with van der Waals surface area (Å²) in [7, 11) is 3.51. The fraction of sp³-hybridized carbons (Fsp3) is 0.129. The second-order valence-corrected chi connectivity index (χ2v) is 9.13. The van der Waals surface area contributed by atoms with Crippen LogP contribution in [0.25, 0.3) is 16.5 Å². The molecule has 0 atom stereocenters. The van der Waals surface area contributed by atoms with Crippen LogP contribution in [-0.4, -0.2) is 36.2 Å². The summed E-state index contributed by atoms with van der Waals surface area (Å²) in [6.45, 7) is 7.39. The van der Waals surface area contributed by atoms with Crippen LogP contribution in [0.3, 0.4) is 0 Å². The van der Waals surface area contributed by atoms with Gasteiger partial charge < -0.3 is 11.5 Å². The summed E-state index contributed by atoms with van der Waals surface area (Å²) < 4.78 is 4.91. The van der Waals surface area contributed by atoms with Crippen molar-refractivity contribution in [3.63, 3.8) is 0 Å². The van der Waals surface area contributed by atoms with Gasteiger partial charge in [-0.1, -0.05) is 54.8 Å². The highest BCUT2D eigenvalue weighted by Crippen LogP contribution is 2.23. The zero-order chi connectivity index (χ0) is 29.7. The lowest BCUT2D eigenvalue weighted by Gasteiger charge is -2.12. The third-order valence-electron chi connectivity index (χ3n) is 6.40. The number of carbonyl (C=O) groups excluding carboxylic acids is 1. The van der Waals surface area contributed by atoms with Crippen LogP contribution in [-0.2, 0) is 14.1 Å². The highest BCUT2D eigenvalue weighted by atomic mass is 16.1. The van der Waals surface area contributed by atoms with Gasteiger partial charge in [-0.3, -0.25) is 18.8 Å². The van der Waals surface area contributed by atoms with E-state index in [4.69, 9.17) is 11.5 Å². The van der Waals surface area contributed by atoms with Crippen LogP contribution in [0.2, 0.25) is 0 Å². The number of carbonyl (C=O) groups is 1. The zero-order valence-electron chi connectivity index (χ0n) is 23.3. The molecule has 2 aromatic carbocycles. The van der Waals surface area contributed by atoms with Crippen LogP contribution in [0.4, 0.5) is 11.6 Å². The van der Waals surface area contributed by atoms with Crippen molar-refractivity contribution in [2.45, 2.75) is 13.8 Å². The van der Waals surface area contributed by atoms with Gasteiger partial charge in [-0.2, -0.15) is 10.2 Å². The summed E-state index contributed by atoms with van der Waals surface area (Å²) in [5, 5.41) is 9.59. The summed E-state index contributed by atoms with van der Waals surface area (Å²) in [4.78, 5) is 28.3. The normalized spacial score (nSPS) is 10.6. The third-order valence-corrected chi connectivity index (χ3v) is 6.40. The highest BCUT2D eigenvalue weighted by Gasteiger charge is 2.17. The third kappa shape index (κ3) is 5.84. The minimum Gasteiger partial charge on any atom is -0.381 e. The standard InChI is InChI=1S/C23H19N3O.C8H11N5O/c1-16-14-19-9-7-8-18(12-13-20-15-24-25(3)17(20)2)22(19)23(27)26(16)21-10-5-4-6-11-21;1-3-4-11-8-5(7(10)14)6(9)12-13(8)2/h4-11,14-15H,1-3H3;3-4H,1H2,2H3,(H2,9,12)(H2,10,14)/b;11-4-. The van der Waals surface area contributed by atoms with Gasteiger partial charge in [0.05, 0.1) is 22.8 Å². The number of nitrogens with zero attached hydrogens (tertiary/aromatic N) is 6. The molecule has 5 aromatic rings. The first-order valence-corrected chi connectivity index (χ1v) is 12.6. The van der Waals surface area contributed by atoms with Crippen molar-refractivity contribution in [1.82, 2.24) is 24.1 Å². The number of benzene rings is 2. The molecule has 3 heterocycles. The van der Waals surface area contributed by atoms with Crippen LogP contribution >= 0.6 is 0 Å². The number of primary amides is 1. The SMILES string of the molecule is C=C/C=N\c1c(C(N)=O)c(N)nn1C.Cc1c(C#Cc2cccc3cc(C)n(-c4ccccc4)c(=O)c23)cnn1C. The number of para-hydroxylation sites is 1. The van der Waals surface area contributed by atoms with Crippen molar-refractivity contribution in [2.24, 2.45) is 24.8 Å². The number of fused-ring (bicyclic) bond motifs is 1. The largest absolute Gasteiger partial charge is 0.381 e. The van der Waals surface area contributed by atoms with Gasteiger partial charge in [0.1, 0.15) is 5.56 Å². The number of hydrogen-bond donors (Lipinski definition) is 2. The Kier molecular flexibility index (Phi) is 8.29. The number of nitrogens with two attached hydrogens (primary N) is 2. The van der Waals surface area contributed by atoms with Gasteiger partial charge in [0, 0.05) is 37.3 Å². The molecule has 206 valence electrons. The number of allylic oxidation sites excluding steroid dienone is 1. The van der Waals surface area contributed by atoms with E-state index in [0.717, 1.165) is 33.6 Å². The number of pyridine rings is 1. The summed E-state index contributed by atoms with van der Waals surface area (Å²) in [5.41, 5.74) is 15.0. The highest BCUT2D eigenvalue weighted by molar-refractivity contribution is 6.02. The molecule has 0 aliphatic heterocycles. The number of amides is 1. The van der Waals surface area contributed by atoms with Crippen molar-refractivity contribution in [3.05, 3.63) is 112 Å². The number of hydrogen-bond acceptors (Lipinski definition) is 6. The van der Waals surface area contributed by atoms with Crippen LogP contribution in [0.1, 0.15) is 32.9 Å². The van der Waals surface area contributed by atoms with E-state index in [1.807, 2.05) is 75.5 Å². The van der Waals surface area contributed by atoms with E-state index in [0.29, 0.717) is 11.2 Å². The Bertz CT molecular complexity index is 1920. The van der Waals surface area contributed by atoms with Crippen LogP contribution < -0.4 is 17.0 Å². The lowest BCUT2D eigenvalue weighted by atomic mass is 10.0. The summed E-state index contributed by atoms with van der Waals surface area (Å²) in [6, 6.07) is 17.5. The maximum atomic E-state index is 13.3. The molecule has 0 unspecified atom stereocenters. The van der Waals surface area contributed by atoms with Gasteiger partial charge in [0.25, 0.3) is 11.5 Å². The van der Waals surface area contributed by atoms with Crippen molar-refractivity contribution in [2.75, 3.05) is 5.73 Å². The molecule has 41 heavy (non-hydrogen) atoms.